The van der Waals surface area contributed by atoms with E-state index in [-0.39, 0.29) is 11.6 Å². The number of benzene rings is 2. The van der Waals surface area contributed by atoms with Crippen molar-refractivity contribution in [3.63, 3.8) is 0 Å². The third kappa shape index (κ3) is 3.77. The molecule has 29 heavy (non-hydrogen) atoms. The topological polar surface area (TPSA) is 0 Å². The van der Waals surface area contributed by atoms with Gasteiger partial charge in [-0.1, -0.05) is 42.7 Å². The standard InChI is InChI=1S/C26H30F2N/c27-24-9-5-19(6-10-24)26(20-7-11-25(28)12-8-20)21-13-15-29(16-14-21)17-22-3-1-2-4-23(22)18-29/h5-12,22-23H,1-4,13-18H2/q+1. The van der Waals surface area contributed by atoms with E-state index in [1.54, 1.807) is 0 Å². The van der Waals surface area contributed by atoms with Gasteiger partial charge in [0.15, 0.2) is 0 Å². The maximum atomic E-state index is 13.5. The molecule has 1 nitrogen and oxygen atoms in total. The van der Waals surface area contributed by atoms with Crippen molar-refractivity contribution in [1.82, 2.24) is 0 Å². The number of piperidine rings is 1. The highest BCUT2D eigenvalue weighted by Gasteiger charge is 2.46. The first-order chi connectivity index (χ1) is 14.1. The zero-order chi connectivity index (χ0) is 19.8. The van der Waals surface area contributed by atoms with E-state index in [1.165, 1.54) is 91.8 Å². The van der Waals surface area contributed by atoms with Crippen LogP contribution >= 0.6 is 0 Å². The zero-order valence-corrected chi connectivity index (χ0v) is 17.0. The molecule has 2 heterocycles. The Morgan fingerprint density at radius 3 is 1.59 bits per heavy atom. The second kappa shape index (κ2) is 7.68. The van der Waals surface area contributed by atoms with Gasteiger partial charge in [-0.2, -0.15) is 0 Å². The van der Waals surface area contributed by atoms with Crippen LogP contribution in [0.3, 0.4) is 0 Å². The number of hydrogen-bond acceptors (Lipinski definition) is 0. The molecule has 152 valence electrons. The highest BCUT2D eigenvalue weighted by Crippen LogP contribution is 2.43. The van der Waals surface area contributed by atoms with Crippen LogP contribution in [-0.2, 0) is 0 Å². The molecule has 1 spiro atoms. The maximum Gasteiger partial charge on any atom is 0.123 e. The average molecular weight is 395 g/mol. The molecule has 0 radical (unpaired) electrons. The first-order valence-corrected chi connectivity index (χ1v) is 11.2. The van der Waals surface area contributed by atoms with Crippen LogP contribution in [0.1, 0.15) is 49.7 Å². The molecule has 2 aromatic carbocycles. The van der Waals surface area contributed by atoms with Crippen molar-refractivity contribution in [3.8, 4) is 0 Å². The molecular formula is C26H30F2N+. The Bertz CT molecular complexity index is 824. The monoisotopic (exact) mass is 394 g/mol. The van der Waals surface area contributed by atoms with Gasteiger partial charge in [0, 0.05) is 24.7 Å². The first-order valence-electron chi connectivity index (χ1n) is 11.2. The van der Waals surface area contributed by atoms with Crippen molar-refractivity contribution in [1.29, 1.82) is 0 Å². The fourth-order valence-corrected chi connectivity index (χ4v) is 6.24. The summed E-state index contributed by atoms with van der Waals surface area (Å²) in [5.41, 5.74) is 4.70. The smallest absolute Gasteiger partial charge is 0.123 e. The molecule has 0 N–H and O–H groups in total. The lowest BCUT2D eigenvalue weighted by molar-refractivity contribution is -0.921. The normalized spacial score (nSPS) is 29.1. The molecule has 3 heteroatoms. The summed E-state index contributed by atoms with van der Waals surface area (Å²) in [6.45, 7) is 5.18. The lowest BCUT2D eigenvalue weighted by atomic mass is 9.82. The van der Waals surface area contributed by atoms with E-state index in [9.17, 15) is 8.78 Å². The molecule has 2 aromatic rings. The second-order valence-corrected chi connectivity index (χ2v) is 9.45. The molecule has 3 aliphatic rings. The van der Waals surface area contributed by atoms with Crippen LogP contribution in [0.5, 0.6) is 0 Å². The lowest BCUT2D eigenvalue weighted by Gasteiger charge is -2.40. The van der Waals surface area contributed by atoms with Gasteiger partial charge in [-0.3, -0.25) is 0 Å². The van der Waals surface area contributed by atoms with E-state index < -0.39 is 0 Å². The van der Waals surface area contributed by atoms with Gasteiger partial charge < -0.3 is 4.48 Å². The van der Waals surface area contributed by atoms with Gasteiger partial charge in [0.05, 0.1) is 26.2 Å². The summed E-state index contributed by atoms with van der Waals surface area (Å²) in [7, 11) is 0. The Kier molecular flexibility index (Phi) is 5.03. The molecule has 5 rings (SSSR count). The summed E-state index contributed by atoms with van der Waals surface area (Å²) in [6.07, 6.45) is 7.89. The third-order valence-corrected chi connectivity index (χ3v) is 7.71. The molecule has 2 saturated heterocycles. The SMILES string of the molecule is Fc1ccc(C(=C2CC[N+]3(CC2)CC2CCCCC2C3)c2ccc(F)cc2)cc1. The van der Waals surface area contributed by atoms with Crippen LogP contribution in [-0.4, -0.2) is 30.7 Å². The van der Waals surface area contributed by atoms with E-state index in [0.717, 1.165) is 35.8 Å². The lowest BCUT2D eigenvalue weighted by Crippen LogP contribution is -2.50. The van der Waals surface area contributed by atoms with E-state index in [4.69, 9.17) is 0 Å². The molecule has 0 amide bonds. The second-order valence-electron chi connectivity index (χ2n) is 9.45. The highest BCUT2D eigenvalue weighted by atomic mass is 19.1. The quantitative estimate of drug-likeness (QED) is 0.532. The van der Waals surface area contributed by atoms with Crippen molar-refractivity contribution in [3.05, 3.63) is 76.9 Å². The number of rotatable bonds is 2. The van der Waals surface area contributed by atoms with Crippen molar-refractivity contribution in [2.45, 2.75) is 38.5 Å². The molecule has 3 fully saturated rings. The summed E-state index contributed by atoms with van der Waals surface area (Å²) < 4.78 is 28.4. The third-order valence-electron chi connectivity index (χ3n) is 7.71. The zero-order valence-electron chi connectivity index (χ0n) is 17.0. The maximum absolute atomic E-state index is 13.5. The molecule has 1 saturated carbocycles. The van der Waals surface area contributed by atoms with Gasteiger partial charge >= 0.3 is 0 Å². The molecule has 0 aromatic heterocycles. The molecule has 1 aliphatic carbocycles. The first kappa shape index (κ1) is 19.0. The van der Waals surface area contributed by atoms with Crippen LogP contribution < -0.4 is 0 Å². The number of quaternary nitrogens is 1. The minimum atomic E-state index is -0.218. The highest BCUT2D eigenvalue weighted by molar-refractivity contribution is 5.82. The van der Waals surface area contributed by atoms with Crippen LogP contribution in [0.25, 0.3) is 5.57 Å². The van der Waals surface area contributed by atoms with Crippen molar-refractivity contribution in [2.75, 3.05) is 26.2 Å². The van der Waals surface area contributed by atoms with Crippen molar-refractivity contribution >= 4 is 5.57 Å². The van der Waals surface area contributed by atoms with Crippen LogP contribution in [0.4, 0.5) is 8.78 Å². The molecule has 2 unspecified atom stereocenters. The summed E-state index contributed by atoms with van der Waals surface area (Å²) in [5.74, 6) is 1.46. The Labute approximate surface area is 172 Å². The Morgan fingerprint density at radius 1 is 0.690 bits per heavy atom. The molecule has 2 atom stereocenters. The van der Waals surface area contributed by atoms with E-state index in [1.807, 2.05) is 24.3 Å². The van der Waals surface area contributed by atoms with E-state index in [2.05, 4.69) is 0 Å². The van der Waals surface area contributed by atoms with Crippen LogP contribution in [0.15, 0.2) is 54.1 Å². The van der Waals surface area contributed by atoms with Crippen LogP contribution in [0.2, 0.25) is 0 Å². The summed E-state index contributed by atoms with van der Waals surface area (Å²) in [5, 5.41) is 0. The Balaban J connectivity index is 1.45. The Hall–Kier alpha value is -2.00. The van der Waals surface area contributed by atoms with E-state index in [0.29, 0.717) is 0 Å². The molecule has 2 aliphatic heterocycles. The molecular weight excluding hydrogens is 364 g/mol. The fraction of sp³-hybridized carbons (Fsp3) is 0.462. The van der Waals surface area contributed by atoms with Crippen LogP contribution in [0, 0.1) is 23.5 Å². The van der Waals surface area contributed by atoms with Crippen molar-refractivity contribution < 1.29 is 13.3 Å². The van der Waals surface area contributed by atoms with E-state index >= 15 is 0 Å². The van der Waals surface area contributed by atoms with Gasteiger partial charge in [0.25, 0.3) is 0 Å². The number of nitrogens with zero attached hydrogens (tertiary/aromatic N) is 1. The van der Waals surface area contributed by atoms with Gasteiger partial charge in [-0.25, -0.2) is 8.78 Å². The summed E-state index contributed by atoms with van der Waals surface area (Å²) in [4.78, 5) is 0. The number of hydrogen-bond donors (Lipinski definition) is 0. The predicted octanol–water partition coefficient (Wildman–Crippen LogP) is 6.20. The van der Waals surface area contributed by atoms with Gasteiger partial charge in [-0.15, -0.1) is 0 Å². The molecule has 0 bridgehead atoms. The largest absolute Gasteiger partial charge is 0.323 e. The minimum absolute atomic E-state index is 0.218. The van der Waals surface area contributed by atoms with Gasteiger partial charge in [-0.05, 0) is 53.8 Å². The Morgan fingerprint density at radius 2 is 1.14 bits per heavy atom. The number of halogens is 2. The minimum Gasteiger partial charge on any atom is -0.323 e. The number of fused-ring (bicyclic) bond motifs is 1. The van der Waals surface area contributed by atoms with Gasteiger partial charge in [0.2, 0.25) is 0 Å². The predicted molar refractivity (Wildman–Crippen MR) is 113 cm³/mol. The summed E-state index contributed by atoms with van der Waals surface area (Å²) >= 11 is 0. The summed E-state index contributed by atoms with van der Waals surface area (Å²) in [6, 6.07) is 13.6. The average Bonchev–Trinajstić information content (AvgIpc) is 3.10. The van der Waals surface area contributed by atoms with Crippen molar-refractivity contribution in [2.24, 2.45) is 11.8 Å². The van der Waals surface area contributed by atoms with Gasteiger partial charge in [0.1, 0.15) is 11.6 Å². The fourth-order valence-electron chi connectivity index (χ4n) is 6.24.